The number of nitrogens with zero attached hydrogens (tertiary/aromatic N) is 2. The monoisotopic (exact) mass is 250 g/mol. The molecule has 1 rings (SSSR count). The minimum atomic E-state index is 0.0910. The van der Waals surface area contributed by atoms with Crippen LogP contribution in [0.1, 0.15) is 10.7 Å². The Kier molecular flexibility index (Phi) is 6.12. The van der Waals surface area contributed by atoms with Crippen LogP contribution in [0.15, 0.2) is 5.38 Å². The van der Waals surface area contributed by atoms with Crippen LogP contribution >= 0.6 is 22.9 Å². The van der Waals surface area contributed by atoms with Gasteiger partial charge in [0.25, 0.3) is 0 Å². The maximum absolute atomic E-state index is 8.83. The third kappa shape index (κ3) is 4.44. The lowest BCUT2D eigenvalue weighted by Crippen LogP contribution is -2.29. The number of alkyl halides is 1. The fourth-order valence-electron chi connectivity index (χ4n) is 1.23. The molecule has 6 heteroatoms. The lowest BCUT2D eigenvalue weighted by Gasteiger charge is -2.18. The second kappa shape index (κ2) is 7.14. The lowest BCUT2D eigenvalue weighted by atomic mass is 10.4. The first-order valence-corrected chi connectivity index (χ1v) is 6.15. The summed E-state index contributed by atoms with van der Waals surface area (Å²) in [5, 5.41) is 20.6. The van der Waals surface area contributed by atoms with E-state index >= 15 is 0 Å². The van der Waals surface area contributed by atoms with Gasteiger partial charge in [0.15, 0.2) is 0 Å². The summed E-state index contributed by atoms with van der Waals surface area (Å²) in [6, 6.07) is 0. The van der Waals surface area contributed by atoms with Crippen LogP contribution in [0, 0.1) is 0 Å². The number of hydrogen-bond donors (Lipinski definition) is 2. The Hall–Kier alpha value is -0.200. The highest BCUT2D eigenvalue weighted by molar-refractivity contribution is 7.09. The largest absolute Gasteiger partial charge is 0.395 e. The molecule has 0 saturated carbocycles. The van der Waals surface area contributed by atoms with Crippen LogP contribution in [-0.2, 0) is 12.4 Å². The van der Waals surface area contributed by atoms with Crippen molar-refractivity contribution >= 4 is 22.9 Å². The fraction of sp³-hybridized carbons (Fsp3) is 0.667. The highest BCUT2D eigenvalue weighted by Gasteiger charge is 2.07. The van der Waals surface area contributed by atoms with Gasteiger partial charge in [0.05, 0.1) is 31.3 Å². The number of hydrogen-bond acceptors (Lipinski definition) is 5. The quantitative estimate of drug-likeness (QED) is 0.699. The Morgan fingerprint density at radius 2 is 2.00 bits per heavy atom. The van der Waals surface area contributed by atoms with Crippen LogP contribution in [-0.4, -0.2) is 46.4 Å². The molecule has 1 heterocycles. The smallest absolute Gasteiger partial charge is 0.107 e. The molecule has 0 aliphatic heterocycles. The zero-order chi connectivity index (χ0) is 11.1. The predicted octanol–water partition coefficient (Wildman–Crippen LogP) is 0.668. The van der Waals surface area contributed by atoms with Crippen LogP contribution in [0.2, 0.25) is 0 Å². The van der Waals surface area contributed by atoms with E-state index in [0.29, 0.717) is 25.5 Å². The summed E-state index contributed by atoms with van der Waals surface area (Å²) in [6.07, 6.45) is 0. The van der Waals surface area contributed by atoms with Crippen molar-refractivity contribution in [3.63, 3.8) is 0 Å². The molecule has 0 aliphatic rings. The van der Waals surface area contributed by atoms with Crippen LogP contribution in [0.4, 0.5) is 0 Å². The molecule has 0 spiro atoms. The zero-order valence-corrected chi connectivity index (χ0v) is 9.97. The van der Waals surface area contributed by atoms with E-state index in [0.717, 1.165) is 10.7 Å². The van der Waals surface area contributed by atoms with E-state index in [-0.39, 0.29) is 13.2 Å². The zero-order valence-electron chi connectivity index (χ0n) is 8.40. The van der Waals surface area contributed by atoms with Crippen molar-refractivity contribution in [3.05, 3.63) is 16.1 Å². The average Bonchev–Trinajstić information content (AvgIpc) is 2.66. The molecule has 86 valence electrons. The van der Waals surface area contributed by atoms with Crippen molar-refractivity contribution in [2.45, 2.75) is 12.4 Å². The maximum atomic E-state index is 8.83. The number of thiazole rings is 1. The summed E-state index contributed by atoms with van der Waals surface area (Å²) in [7, 11) is 0. The van der Waals surface area contributed by atoms with Gasteiger partial charge in [-0.2, -0.15) is 0 Å². The van der Waals surface area contributed by atoms with Gasteiger partial charge < -0.3 is 10.2 Å². The summed E-state index contributed by atoms with van der Waals surface area (Å²) in [6.45, 7) is 1.94. The highest BCUT2D eigenvalue weighted by atomic mass is 35.5. The fourth-order valence-corrected chi connectivity index (χ4v) is 2.29. The molecule has 0 aromatic carbocycles. The summed E-state index contributed by atoms with van der Waals surface area (Å²) in [5.74, 6) is 0.427. The van der Waals surface area contributed by atoms with Gasteiger partial charge in [0.2, 0.25) is 0 Å². The lowest BCUT2D eigenvalue weighted by molar-refractivity contribution is 0.156. The van der Waals surface area contributed by atoms with E-state index < -0.39 is 0 Å². The third-order valence-electron chi connectivity index (χ3n) is 1.93. The maximum Gasteiger partial charge on any atom is 0.107 e. The summed E-state index contributed by atoms with van der Waals surface area (Å²) in [5.41, 5.74) is 0.879. The Bertz CT molecular complexity index is 277. The number of aliphatic hydroxyl groups excluding tert-OH is 2. The standard InChI is InChI=1S/C9H15ClN2O2S/c10-5-8-7-15-9(11-8)6-12(1-3-13)2-4-14/h7,13-14H,1-6H2. The molecule has 4 nitrogen and oxygen atoms in total. The average molecular weight is 251 g/mol. The molecule has 1 aromatic heterocycles. The minimum Gasteiger partial charge on any atom is -0.395 e. The van der Waals surface area contributed by atoms with E-state index in [9.17, 15) is 0 Å². The molecule has 2 N–H and O–H groups in total. The molecule has 0 saturated heterocycles. The molecule has 0 bridgehead atoms. The summed E-state index contributed by atoms with van der Waals surface area (Å²) in [4.78, 5) is 6.27. The van der Waals surface area contributed by atoms with Gasteiger partial charge in [-0.15, -0.1) is 22.9 Å². The third-order valence-corrected chi connectivity index (χ3v) is 3.08. The van der Waals surface area contributed by atoms with E-state index in [1.54, 1.807) is 11.3 Å². The Balaban J connectivity index is 2.48. The number of aliphatic hydroxyl groups is 2. The van der Waals surface area contributed by atoms with Gasteiger partial charge >= 0.3 is 0 Å². The molecule has 0 aliphatic carbocycles. The van der Waals surface area contributed by atoms with Crippen LogP contribution < -0.4 is 0 Å². The van der Waals surface area contributed by atoms with Crippen LogP contribution in [0.3, 0.4) is 0 Å². The summed E-state index contributed by atoms with van der Waals surface area (Å²) < 4.78 is 0. The first-order valence-electron chi connectivity index (χ1n) is 4.73. The molecule has 0 radical (unpaired) electrons. The molecular weight excluding hydrogens is 236 g/mol. The van der Waals surface area contributed by atoms with Gasteiger partial charge in [-0.3, -0.25) is 4.90 Å². The van der Waals surface area contributed by atoms with Gasteiger partial charge in [-0.1, -0.05) is 0 Å². The van der Waals surface area contributed by atoms with Crippen molar-refractivity contribution in [1.82, 2.24) is 9.88 Å². The number of rotatable bonds is 7. The van der Waals surface area contributed by atoms with Crippen molar-refractivity contribution < 1.29 is 10.2 Å². The highest BCUT2D eigenvalue weighted by Crippen LogP contribution is 2.13. The topological polar surface area (TPSA) is 56.6 Å². The molecular formula is C9H15ClN2O2S. The first kappa shape index (κ1) is 12.9. The molecule has 15 heavy (non-hydrogen) atoms. The summed E-state index contributed by atoms with van der Waals surface area (Å²) >= 11 is 7.20. The second-order valence-electron chi connectivity index (χ2n) is 3.09. The van der Waals surface area contributed by atoms with Gasteiger partial charge in [0.1, 0.15) is 5.01 Å². The van der Waals surface area contributed by atoms with Gasteiger partial charge in [-0.05, 0) is 0 Å². The SMILES string of the molecule is OCCN(CCO)Cc1nc(CCl)cs1. The molecule has 0 atom stereocenters. The number of aromatic nitrogens is 1. The van der Waals surface area contributed by atoms with Crippen LogP contribution in [0.5, 0.6) is 0 Å². The van der Waals surface area contributed by atoms with E-state index in [1.807, 2.05) is 10.3 Å². The van der Waals surface area contributed by atoms with Crippen molar-refractivity contribution in [1.29, 1.82) is 0 Å². The molecule has 0 amide bonds. The predicted molar refractivity (Wildman–Crippen MR) is 61.1 cm³/mol. The molecule has 0 unspecified atom stereocenters. The Morgan fingerprint density at radius 3 is 2.47 bits per heavy atom. The Morgan fingerprint density at radius 1 is 1.33 bits per heavy atom. The van der Waals surface area contributed by atoms with E-state index in [2.05, 4.69) is 4.98 Å². The first-order chi connectivity index (χ1) is 7.30. The van der Waals surface area contributed by atoms with Crippen molar-refractivity contribution in [2.75, 3.05) is 26.3 Å². The number of halogens is 1. The van der Waals surface area contributed by atoms with Crippen LogP contribution in [0.25, 0.3) is 0 Å². The van der Waals surface area contributed by atoms with E-state index in [4.69, 9.17) is 21.8 Å². The Labute approximate surface area is 98.1 Å². The van der Waals surface area contributed by atoms with Gasteiger partial charge in [-0.25, -0.2) is 4.98 Å². The van der Waals surface area contributed by atoms with Gasteiger partial charge in [0, 0.05) is 18.5 Å². The second-order valence-corrected chi connectivity index (χ2v) is 4.30. The van der Waals surface area contributed by atoms with E-state index in [1.165, 1.54) is 0 Å². The van der Waals surface area contributed by atoms with Crippen molar-refractivity contribution in [2.24, 2.45) is 0 Å². The minimum absolute atomic E-state index is 0.0910. The normalized spacial score (nSPS) is 11.2. The molecule has 1 aromatic rings. The molecule has 0 fully saturated rings. The van der Waals surface area contributed by atoms with Crippen molar-refractivity contribution in [3.8, 4) is 0 Å².